The second kappa shape index (κ2) is 6.24. The lowest BCUT2D eigenvalue weighted by Crippen LogP contribution is -2.26. The van der Waals surface area contributed by atoms with Crippen LogP contribution in [0.3, 0.4) is 0 Å². The summed E-state index contributed by atoms with van der Waals surface area (Å²) < 4.78 is 0. The van der Waals surface area contributed by atoms with E-state index in [1.54, 1.807) is 18.6 Å². The van der Waals surface area contributed by atoms with Crippen LogP contribution in [-0.2, 0) is 6.54 Å². The van der Waals surface area contributed by atoms with Crippen molar-refractivity contribution < 1.29 is 0 Å². The van der Waals surface area contributed by atoms with Crippen molar-refractivity contribution >= 4 is 22.9 Å². The molecule has 2 rings (SSSR count). The summed E-state index contributed by atoms with van der Waals surface area (Å²) in [5.74, 6) is 0. The standard InChI is InChI=1S/C14H16N4S/c1-2-18(10-11-5-8-16-9-6-11)12-4-3-7-17-13(12)14(15)19/h3-9H,2,10H2,1H3,(H2,15,19). The highest BCUT2D eigenvalue weighted by molar-refractivity contribution is 7.80. The van der Waals surface area contributed by atoms with Crippen molar-refractivity contribution in [1.29, 1.82) is 0 Å². The van der Waals surface area contributed by atoms with Gasteiger partial charge in [-0.05, 0) is 36.8 Å². The van der Waals surface area contributed by atoms with E-state index in [1.165, 1.54) is 5.56 Å². The van der Waals surface area contributed by atoms with Gasteiger partial charge in [-0.15, -0.1) is 0 Å². The minimum atomic E-state index is 0.323. The molecule has 2 N–H and O–H groups in total. The number of nitrogens with two attached hydrogens (primary N) is 1. The molecule has 0 bridgehead atoms. The molecule has 5 heteroatoms. The Labute approximate surface area is 118 Å². The number of pyridine rings is 2. The molecule has 2 aromatic heterocycles. The Kier molecular flexibility index (Phi) is 4.41. The van der Waals surface area contributed by atoms with Crippen LogP contribution in [0.5, 0.6) is 0 Å². The highest BCUT2D eigenvalue weighted by atomic mass is 32.1. The zero-order chi connectivity index (χ0) is 13.7. The topological polar surface area (TPSA) is 55.0 Å². The molecule has 0 fully saturated rings. The van der Waals surface area contributed by atoms with Crippen LogP contribution >= 0.6 is 12.2 Å². The fourth-order valence-corrected chi connectivity index (χ4v) is 2.08. The lowest BCUT2D eigenvalue weighted by atomic mass is 10.2. The van der Waals surface area contributed by atoms with E-state index in [0.717, 1.165) is 18.8 Å². The van der Waals surface area contributed by atoms with Gasteiger partial charge in [0.2, 0.25) is 0 Å². The number of rotatable bonds is 5. The van der Waals surface area contributed by atoms with Gasteiger partial charge in [-0.3, -0.25) is 9.97 Å². The van der Waals surface area contributed by atoms with Gasteiger partial charge in [0.05, 0.1) is 5.69 Å². The lowest BCUT2D eigenvalue weighted by molar-refractivity contribution is 0.826. The van der Waals surface area contributed by atoms with Crippen molar-refractivity contribution in [2.75, 3.05) is 11.4 Å². The number of hydrogen-bond donors (Lipinski definition) is 1. The summed E-state index contributed by atoms with van der Waals surface area (Å²) in [7, 11) is 0. The van der Waals surface area contributed by atoms with E-state index in [2.05, 4.69) is 21.8 Å². The SMILES string of the molecule is CCN(Cc1ccncc1)c1cccnc1C(N)=S. The second-order valence-electron chi connectivity index (χ2n) is 4.11. The Bertz CT molecular complexity index is 556. The molecular weight excluding hydrogens is 256 g/mol. The van der Waals surface area contributed by atoms with Crippen LogP contribution in [0, 0.1) is 0 Å². The predicted octanol–water partition coefficient (Wildman–Crippen LogP) is 2.14. The Balaban J connectivity index is 2.30. The van der Waals surface area contributed by atoms with E-state index in [1.807, 2.05) is 24.3 Å². The molecule has 2 aromatic rings. The van der Waals surface area contributed by atoms with E-state index in [-0.39, 0.29) is 0 Å². The average Bonchev–Trinajstić information content (AvgIpc) is 2.46. The summed E-state index contributed by atoms with van der Waals surface area (Å²) in [5, 5.41) is 0. The number of nitrogens with zero attached hydrogens (tertiary/aromatic N) is 3. The minimum absolute atomic E-state index is 0.323. The molecule has 0 saturated heterocycles. The molecule has 19 heavy (non-hydrogen) atoms. The van der Waals surface area contributed by atoms with Crippen LogP contribution in [0.1, 0.15) is 18.2 Å². The molecule has 0 aliphatic rings. The molecule has 4 nitrogen and oxygen atoms in total. The third-order valence-corrected chi connectivity index (χ3v) is 3.06. The summed E-state index contributed by atoms with van der Waals surface area (Å²) in [6, 6.07) is 7.89. The van der Waals surface area contributed by atoms with Gasteiger partial charge in [-0.2, -0.15) is 0 Å². The van der Waals surface area contributed by atoms with Gasteiger partial charge in [0.1, 0.15) is 10.7 Å². The van der Waals surface area contributed by atoms with Gasteiger partial charge in [0.15, 0.2) is 0 Å². The summed E-state index contributed by atoms with van der Waals surface area (Å²) in [4.78, 5) is 10.8. The number of thiocarbonyl (C=S) groups is 1. The van der Waals surface area contributed by atoms with Crippen LogP contribution in [0.15, 0.2) is 42.9 Å². The summed E-state index contributed by atoms with van der Waals surface area (Å²) >= 11 is 5.06. The second-order valence-corrected chi connectivity index (χ2v) is 4.54. The number of anilines is 1. The molecule has 0 aromatic carbocycles. The van der Waals surface area contributed by atoms with Gasteiger partial charge in [-0.25, -0.2) is 0 Å². The molecule has 0 unspecified atom stereocenters. The predicted molar refractivity (Wildman–Crippen MR) is 81.1 cm³/mol. The zero-order valence-electron chi connectivity index (χ0n) is 10.8. The first-order valence-electron chi connectivity index (χ1n) is 6.11. The Morgan fingerprint density at radius 2 is 2.00 bits per heavy atom. The Morgan fingerprint density at radius 3 is 2.63 bits per heavy atom. The van der Waals surface area contributed by atoms with Crippen LogP contribution in [-0.4, -0.2) is 21.5 Å². The fraction of sp³-hybridized carbons (Fsp3) is 0.214. The smallest absolute Gasteiger partial charge is 0.124 e. The van der Waals surface area contributed by atoms with Crippen LogP contribution in [0.4, 0.5) is 5.69 Å². The first-order chi connectivity index (χ1) is 9.22. The molecule has 0 aliphatic carbocycles. The normalized spacial score (nSPS) is 10.2. The molecule has 0 saturated carbocycles. The Hall–Kier alpha value is -2.01. The van der Waals surface area contributed by atoms with E-state index in [9.17, 15) is 0 Å². The first kappa shape index (κ1) is 13.4. The van der Waals surface area contributed by atoms with E-state index < -0.39 is 0 Å². The van der Waals surface area contributed by atoms with E-state index in [0.29, 0.717) is 10.7 Å². The van der Waals surface area contributed by atoms with E-state index in [4.69, 9.17) is 18.0 Å². The third kappa shape index (κ3) is 3.26. The van der Waals surface area contributed by atoms with Crippen molar-refractivity contribution in [3.63, 3.8) is 0 Å². The molecule has 0 aliphatic heterocycles. The number of hydrogen-bond acceptors (Lipinski definition) is 4. The van der Waals surface area contributed by atoms with Crippen molar-refractivity contribution in [2.45, 2.75) is 13.5 Å². The Morgan fingerprint density at radius 1 is 1.26 bits per heavy atom. The maximum Gasteiger partial charge on any atom is 0.124 e. The fourth-order valence-electron chi connectivity index (χ4n) is 1.92. The van der Waals surface area contributed by atoms with E-state index >= 15 is 0 Å². The molecule has 0 spiro atoms. The molecule has 0 radical (unpaired) electrons. The van der Waals surface area contributed by atoms with Gasteiger partial charge < -0.3 is 10.6 Å². The van der Waals surface area contributed by atoms with Crippen LogP contribution in [0.2, 0.25) is 0 Å². The highest BCUT2D eigenvalue weighted by Gasteiger charge is 2.12. The summed E-state index contributed by atoms with van der Waals surface area (Å²) in [5.41, 5.74) is 8.56. The van der Waals surface area contributed by atoms with Gasteiger partial charge in [0.25, 0.3) is 0 Å². The van der Waals surface area contributed by atoms with Crippen molar-refractivity contribution in [3.05, 3.63) is 54.1 Å². The maximum absolute atomic E-state index is 5.73. The van der Waals surface area contributed by atoms with Crippen molar-refractivity contribution in [2.24, 2.45) is 5.73 Å². The van der Waals surface area contributed by atoms with Crippen molar-refractivity contribution in [3.8, 4) is 0 Å². The molecule has 0 amide bonds. The molecular formula is C14H16N4S. The number of aromatic nitrogens is 2. The van der Waals surface area contributed by atoms with Gasteiger partial charge >= 0.3 is 0 Å². The lowest BCUT2D eigenvalue weighted by Gasteiger charge is -2.24. The zero-order valence-corrected chi connectivity index (χ0v) is 11.6. The largest absolute Gasteiger partial charge is 0.388 e. The van der Waals surface area contributed by atoms with Gasteiger partial charge in [0, 0.05) is 31.7 Å². The van der Waals surface area contributed by atoms with Crippen LogP contribution < -0.4 is 10.6 Å². The highest BCUT2D eigenvalue weighted by Crippen LogP contribution is 2.20. The monoisotopic (exact) mass is 272 g/mol. The summed E-state index contributed by atoms with van der Waals surface area (Å²) in [6.45, 7) is 3.72. The quantitative estimate of drug-likeness (QED) is 0.845. The average molecular weight is 272 g/mol. The maximum atomic E-state index is 5.73. The third-order valence-electron chi connectivity index (χ3n) is 2.87. The minimum Gasteiger partial charge on any atom is -0.388 e. The first-order valence-corrected chi connectivity index (χ1v) is 6.52. The van der Waals surface area contributed by atoms with Gasteiger partial charge in [-0.1, -0.05) is 12.2 Å². The van der Waals surface area contributed by atoms with Crippen molar-refractivity contribution in [1.82, 2.24) is 9.97 Å². The summed E-state index contributed by atoms with van der Waals surface area (Å²) in [6.07, 6.45) is 5.29. The van der Waals surface area contributed by atoms with Crippen LogP contribution in [0.25, 0.3) is 0 Å². The molecule has 0 atom stereocenters. The molecule has 98 valence electrons. The molecule has 2 heterocycles.